The Bertz CT molecular complexity index is 572. The Kier molecular flexibility index (Phi) is 5.24. The number of likely N-dealkylation sites (tertiary alicyclic amines) is 1. The zero-order valence-corrected chi connectivity index (χ0v) is 13.8. The zero-order chi connectivity index (χ0) is 15.5. The molecule has 1 saturated heterocycles. The van der Waals surface area contributed by atoms with Gasteiger partial charge in [-0.1, -0.05) is 12.1 Å². The molecular formula is C15H24N2O3S. The van der Waals surface area contributed by atoms with E-state index in [-0.39, 0.29) is 5.75 Å². The number of hydrogen-bond donors (Lipinski definition) is 0. The third kappa shape index (κ3) is 3.96. The van der Waals surface area contributed by atoms with E-state index in [2.05, 4.69) is 17.0 Å². The molecule has 118 valence electrons. The van der Waals surface area contributed by atoms with Crippen LogP contribution in [0.1, 0.15) is 24.4 Å². The standard InChI is InChI=1S/C15H24N2O3S/c1-16(2)21(18,19)11-5-9-17-10-8-15(17)13-6-4-7-14(12-13)20-3/h4,6-7,12,15H,5,8-11H2,1-3H3/t15-/m1/s1. The van der Waals surface area contributed by atoms with Crippen molar-refractivity contribution in [2.45, 2.75) is 18.9 Å². The van der Waals surface area contributed by atoms with E-state index in [4.69, 9.17) is 4.74 Å². The Balaban J connectivity index is 1.88. The summed E-state index contributed by atoms with van der Waals surface area (Å²) in [4.78, 5) is 2.33. The van der Waals surface area contributed by atoms with Crippen LogP contribution in [0.2, 0.25) is 0 Å². The molecule has 1 aromatic carbocycles. The highest BCUT2D eigenvalue weighted by Gasteiger charge is 2.29. The van der Waals surface area contributed by atoms with Crippen LogP contribution in [0.15, 0.2) is 24.3 Å². The van der Waals surface area contributed by atoms with Gasteiger partial charge in [-0.05, 0) is 37.1 Å². The van der Waals surface area contributed by atoms with Crippen molar-refractivity contribution in [1.82, 2.24) is 9.21 Å². The minimum Gasteiger partial charge on any atom is -0.497 e. The van der Waals surface area contributed by atoms with Crippen LogP contribution in [0.5, 0.6) is 5.75 Å². The van der Waals surface area contributed by atoms with E-state index in [9.17, 15) is 8.42 Å². The first kappa shape index (κ1) is 16.3. The van der Waals surface area contributed by atoms with Gasteiger partial charge in [-0.15, -0.1) is 0 Å². The molecule has 0 spiro atoms. The molecule has 1 aliphatic heterocycles. The highest BCUT2D eigenvalue weighted by Crippen LogP contribution is 2.34. The molecule has 1 heterocycles. The van der Waals surface area contributed by atoms with Gasteiger partial charge >= 0.3 is 0 Å². The molecule has 0 aliphatic carbocycles. The van der Waals surface area contributed by atoms with Crippen molar-refractivity contribution in [3.63, 3.8) is 0 Å². The molecular weight excluding hydrogens is 288 g/mol. The van der Waals surface area contributed by atoms with Gasteiger partial charge in [-0.25, -0.2) is 12.7 Å². The first-order valence-corrected chi connectivity index (χ1v) is 8.83. The Morgan fingerprint density at radius 1 is 1.38 bits per heavy atom. The third-order valence-electron chi connectivity index (χ3n) is 4.01. The van der Waals surface area contributed by atoms with Crippen molar-refractivity contribution < 1.29 is 13.2 Å². The summed E-state index contributed by atoms with van der Waals surface area (Å²) in [5, 5.41) is 0. The molecule has 5 nitrogen and oxygen atoms in total. The SMILES string of the molecule is COc1cccc([C@H]2CCN2CCCS(=O)(=O)N(C)C)c1. The van der Waals surface area contributed by atoms with Gasteiger partial charge in [0, 0.05) is 26.7 Å². The number of rotatable bonds is 7. The van der Waals surface area contributed by atoms with Crippen molar-refractivity contribution in [3.05, 3.63) is 29.8 Å². The number of ether oxygens (including phenoxy) is 1. The molecule has 0 amide bonds. The molecule has 0 radical (unpaired) electrons. The van der Waals surface area contributed by atoms with Crippen LogP contribution < -0.4 is 4.74 Å². The van der Waals surface area contributed by atoms with Crippen LogP contribution in [0, 0.1) is 0 Å². The molecule has 1 aromatic rings. The van der Waals surface area contributed by atoms with Crippen LogP contribution in [-0.2, 0) is 10.0 Å². The van der Waals surface area contributed by atoms with E-state index >= 15 is 0 Å². The van der Waals surface area contributed by atoms with Crippen LogP contribution in [0.25, 0.3) is 0 Å². The van der Waals surface area contributed by atoms with E-state index in [1.54, 1.807) is 21.2 Å². The minimum absolute atomic E-state index is 0.210. The quantitative estimate of drug-likeness (QED) is 0.769. The van der Waals surface area contributed by atoms with Crippen molar-refractivity contribution in [2.24, 2.45) is 0 Å². The van der Waals surface area contributed by atoms with E-state index in [0.29, 0.717) is 12.5 Å². The number of nitrogens with zero attached hydrogens (tertiary/aromatic N) is 2. The van der Waals surface area contributed by atoms with Gasteiger partial charge in [-0.3, -0.25) is 4.90 Å². The summed E-state index contributed by atoms with van der Waals surface area (Å²) in [5.74, 6) is 1.08. The summed E-state index contributed by atoms with van der Waals surface area (Å²) >= 11 is 0. The Hall–Kier alpha value is -1.11. The summed E-state index contributed by atoms with van der Waals surface area (Å²) in [6, 6.07) is 8.50. The second kappa shape index (κ2) is 6.77. The summed E-state index contributed by atoms with van der Waals surface area (Å²) in [5.41, 5.74) is 1.25. The second-order valence-corrected chi connectivity index (χ2v) is 7.87. The maximum absolute atomic E-state index is 11.7. The van der Waals surface area contributed by atoms with Gasteiger partial charge in [-0.2, -0.15) is 0 Å². The summed E-state index contributed by atoms with van der Waals surface area (Å²) < 4.78 is 30.0. The van der Waals surface area contributed by atoms with Crippen molar-refractivity contribution >= 4 is 10.0 Å². The average Bonchev–Trinajstić information content (AvgIpc) is 2.42. The number of methoxy groups -OCH3 is 1. The maximum Gasteiger partial charge on any atom is 0.213 e. The van der Waals surface area contributed by atoms with E-state index < -0.39 is 10.0 Å². The van der Waals surface area contributed by atoms with Crippen LogP contribution in [0.3, 0.4) is 0 Å². The van der Waals surface area contributed by atoms with E-state index in [1.807, 2.05) is 12.1 Å². The molecule has 1 aliphatic rings. The smallest absolute Gasteiger partial charge is 0.213 e. The van der Waals surface area contributed by atoms with Gasteiger partial charge < -0.3 is 4.74 Å². The lowest BCUT2D eigenvalue weighted by molar-refractivity contribution is 0.0911. The molecule has 0 bridgehead atoms. The lowest BCUT2D eigenvalue weighted by Crippen LogP contribution is -2.42. The van der Waals surface area contributed by atoms with Gasteiger partial charge in [0.1, 0.15) is 5.75 Å². The maximum atomic E-state index is 11.7. The average molecular weight is 312 g/mol. The fraction of sp³-hybridized carbons (Fsp3) is 0.600. The second-order valence-electron chi connectivity index (χ2n) is 5.57. The van der Waals surface area contributed by atoms with Crippen molar-refractivity contribution in [3.8, 4) is 5.75 Å². The minimum atomic E-state index is -3.08. The molecule has 0 unspecified atom stereocenters. The predicted molar refractivity (Wildman–Crippen MR) is 84.0 cm³/mol. The van der Waals surface area contributed by atoms with Crippen LogP contribution in [-0.4, -0.2) is 57.7 Å². The largest absolute Gasteiger partial charge is 0.497 e. The topological polar surface area (TPSA) is 49.9 Å². The number of benzene rings is 1. The Morgan fingerprint density at radius 3 is 2.71 bits per heavy atom. The third-order valence-corrected chi connectivity index (χ3v) is 5.93. The lowest BCUT2D eigenvalue weighted by Gasteiger charge is -2.41. The lowest BCUT2D eigenvalue weighted by atomic mass is 9.94. The van der Waals surface area contributed by atoms with Crippen LogP contribution in [0.4, 0.5) is 0 Å². The summed E-state index contributed by atoms with van der Waals surface area (Å²) in [6.45, 7) is 1.85. The predicted octanol–water partition coefficient (Wildman–Crippen LogP) is 1.72. The molecule has 6 heteroatoms. The molecule has 0 N–H and O–H groups in total. The van der Waals surface area contributed by atoms with Crippen molar-refractivity contribution in [1.29, 1.82) is 0 Å². The van der Waals surface area contributed by atoms with E-state index in [1.165, 1.54) is 9.87 Å². The van der Waals surface area contributed by atoms with E-state index in [0.717, 1.165) is 25.3 Å². The highest BCUT2D eigenvalue weighted by atomic mass is 32.2. The summed E-state index contributed by atoms with van der Waals surface area (Å²) in [7, 11) is 1.75. The first-order chi connectivity index (χ1) is 9.94. The van der Waals surface area contributed by atoms with Gasteiger partial charge in [0.25, 0.3) is 0 Å². The molecule has 0 aromatic heterocycles. The van der Waals surface area contributed by atoms with Gasteiger partial charge in [0.05, 0.1) is 12.9 Å². The molecule has 2 rings (SSSR count). The number of hydrogen-bond acceptors (Lipinski definition) is 4. The molecule has 21 heavy (non-hydrogen) atoms. The highest BCUT2D eigenvalue weighted by molar-refractivity contribution is 7.89. The van der Waals surface area contributed by atoms with Gasteiger partial charge in [0.2, 0.25) is 10.0 Å². The van der Waals surface area contributed by atoms with Gasteiger partial charge in [0.15, 0.2) is 0 Å². The first-order valence-electron chi connectivity index (χ1n) is 7.22. The summed E-state index contributed by atoms with van der Waals surface area (Å²) in [6.07, 6.45) is 1.79. The fourth-order valence-electron chi connectivity index (χ4n) is 2.57. The van der Waals surface area contributed by atoms with Crippen molar-refractivity contribution in [2.75, 3.05) is 40.0 Å². The fourth-order valence-corrected chi connectivity index (χ4v) is 3.43. The normalized spacial score (nSPS) is 19.5. The number of sulfonamides is 1. The molecule has 0 saturated carbocycles. The monoisotopic (exact) mass is 312 g/mol. The molecule has 1 atom stereocenters. The molecule has 1 fully saturated rings. The van der Waals surface area contributed by atoms with Crippen LogP contribution >= 0.6 is 0 Å². The Morgan fingerprint density at radius 2 is 2.14 bits per heavy atom. The Labute approximate surface area is 127 Å². The zero-order valence-electron chi connectivity index (χ0n) is 12.9.